The third-order valence-electron chi connectivity index (χ3n) is 5.12. The number of rotatable bonds is 12. The first-order chi connectivity index (χ1) is 15.8. The normalized spacial score (nSPS) is 13.3. The van der Waals surface area contributed by atoms with Crippen molar-refractivity contribution in [3.8, 4) is 0 Å². The Morgan fingerprint density at radius 2 is 1.61 bits per heavy atom. The quantitative estimate of drug-likeness (QED) is 0.414. The largest absolute Gasteiger partial charge is 0.345 e. The summed E-state index contributed by atoms with van der Waals surface area (Å²) in [5.74, 6) is -1.39. The molecule has 2 rings (SSSR count). The van der Waals surface area contributed by atoms with Gasteiger partial charge < -0.3 is 20.7 Å². The van der Waals surface area contributed by atoms with Gasteiger partial charge in [0, 0.05) is 17.0 Å². The number of halogens is 1. The number of unbranched alkanes of at least 4 members (excludes halogenated alkanes) is 1. The van der Waals surface area contributed by atoms with Crippen molar-refractivity contribution in [2.75, 3.05) is 0 Å². The fraction of sp³-hybridized carbons (Fsp3) is 0.360. The van der Waals surface area contributed by atoms with Crippen LogP contribution in [0.3, 0.4) is 0 Å². The van der Waals surface area contributed by atoms with Gasteiger partial charge in [-0.3, -0.25) is 14.4 Å². The molecule has 0 spiro atoms. The molecule has 0 aromatic heterocycles. The maximum Gasteiger partial charge on any atom is 0.251 e. The number of amides is 3. The monoisotopic (exact) mass is 471 g/mol. The van der Waals surface area contributed by atoms with Gasteiger partial charge >= 0.3 is 0 Å². The molecule has 0 saturated heterocycles. The van der Waals surface area contributed by atoms with E-state index >= 15 is 0 Å². The van der Waals surface area contributed by atoms with Crippen molar-refractivity contribution >= 4 is 35.6 Å². The van der Waals surface area contributed by atoms with Gasteiger partial charge in [-0.05, 0) is 43.2 Å². The minimum absolute atomic E-state index is 0.244. The van der Waals surface area contributed by atoms with Crippen molar-refractivity contribution in [1.82, 2.24) is 16.0 Å². The molecule has 0 heterocycles. The maximum absolute atomic E-state index is 13.0. The molecular weight excluding hydrogens is 442 g/mol. The molecule has 3 amide bonds. The molecule has 176 valence electrons. The molecule has 0 aliphatic rings. The Balaban J connectivity index is 2.08. The van der Waals surface area contributed by atoms with Crippen LogP contribution < -0.4 is 16.0 Å². The first kappa shape index (κ1) is 26.1. The summed E-state index contributed by atoms with van der Waals surface area (Å²) in [7, 11) is 0. The van der Waals surface area contributed by atoms with E-state index in [-0.39, 0.29) is 6.42 Å². The summed E-state index contributed by atoms with van der Waals surface area (Å²) in [6.07, 6.45) is 3.20. The highest BCUT2D eigenvalue weighted by atomic mass is 35.5. The Kier molecular flexibility index (Phi) is 10.6. The molecule has 33 heavy (non-hydrogen) atoms. The van der Waals surface area contributed by atoms with Crippen molar-refractivity contribution in [2.45, 2.75) is 57.7 Å². The molecule has 7 nitrogen and oxygen atoms in total. The third-order valence-corrected chi connectivity index (χ3v) is 5.38. The zero-order valence-corrected chi connectivity index (χ0v) is 19.6. The van der Waals surface area contributed by atoms with E-state index < -0.39 is 35.8 Å². The molecule has 2 aromatic carbocycles. The fourth-order valence-corrected chi connectivity index (χ4v) is 3.31. The maximum atomic E-state index is 13.0. The molecule has 0 fully saturated rings. The highest BCUT2D eigenvalue weighted by Gasteiger charge is 2.26. The molecule has 3 unspecified atom stereocenters. The molecule has 0 bridgehead atoms. The van der Waals surface area contributed by atoms with Gasteiger partial charge in [-0.1, -0.05) is 61.7 Å². The Morgan fingerprint density at radius 3 is 2.21 bits per heavy atom. The van der Waals surface area contributed by atoms with Crippen molar-refractivity contribution in [2.24, 2.45) is 0 Å². The summed E-state index contributed by atoms with van der Waals surface area (Å²) in [5, 5.41) is 8.54. The summed E-state index contributed by atoms with van der Waals surface area (Å²) in [6, 6.07) is 13.2. The van der Waals surface area contributed by atoms with Crippen LogP contribution in [0.1, 0.15) is 49.0 Å². The second kappa shape index (κ2) is 13.4. The first-order valence-corrected chi connectivity index (χ1v) is 11.4. The highest BCUT2D eigenvalue weighted by molar-refractivity contribution is 6.30. The number of benzene rings is 2. The zero-order valence-electron chi connectivity index (χ0n) is 18.8. The van der Waals surface area contributed by atoms with E-state index in [9.17, 15) is 19.2 Å². The lowest BCUT2D eigenvalue weighted by atomic mass is 10.0. The lowest BCUT2D eigenvalue weighted by Gasteiger charge is -2.22. The summed E-state index contributed by atoms with van der Waals surface area (Å²) in [4.78, 5) is 49.4. The van der Waals surface area contributed by atoms with E-state index in [0.29, 0.717) is 23.3 Å². The number of aldehydes is 1. The Hall–Kier alpha value is -3.19. The summed E-state index contributed by atoms with van der Waals surface area (Å²) >= 11 is 5.89. The molecule has 0 saturated carbocycles. The van der Waals surface area contributed by atoms with Crippen molar-refractivity contribution in [3.63, 3.8) is 0 Å². The van der Waals surface area contributed by atoms with E-state index in [4.69, 9.17) is 11.6 Å². The van der Waals surface area contributed by atoms with E-state index in [1.807, 2.05) is 37.3 Å². The molecule has 0 aliphatic heterocycles. The summed E-state index contributed by atoms with van der Waals surface area (Å²) in [6.45, 7) is 3.53. The fourth-order valence-electron chi connectivity index (χ4n) is 3.19. The Bertz CT molecular complexity index is 934. The highest BCUT2D eigenvalue weighted by Crippen LogP contribution is 2.11. The van der Waals surface area contributed by atoms with Crippen molar-refractivity contribution in [3.05, 3.63) is 70.7 Å². The standard InChI is InChI=1S/C25H30ClN3O4/c1-3-4-10-21(16-30)28-23(31)17(2)27-25(33)22(15-18-8-6-5-7-9-18)29-24(32)19-11-13-20(26)14-12-19/h5-9,11-14,16-17,21-22H,3-4,10,15H2,1-2H3,(H,27,33)(H,28,31)(H,29,32). The zero-order chi connectivity index (χ0) is 24.2. The van der Waals surface area contributed by atoms with Crippen LogP contribution in [0.4, 0.5) is 0 Å². The van der Waals surface area contributed by atoms with Gasteiger partial charge in [-0.25, -0.2) is 0 Å². The predicted octanol–water partition coefficient (Wildman–Crippen LogP) is 3.06. The van der Waals surface area contributed by atoms with Crippen LogP contribution in [0.5, 0.6) is 0 Å². The van der Waals surface area contributed by atoms with E-state index in [0.717, 1.165) is 18.4 Å². The van der Waals surface area contributed by atoms with Gasteiger partial charge in [-0.15, -0.1) is 0 Å². The smallest absolute Gasteiger partial charge is 0.251 e. The molecule has 3 atom stereocenters. The van der Waals surface area contributed by atoms with Crippen LogP contribution in [-0.2, 0) is 20.8 Å². The average molecular weight is 472 g/mol. The third kappa shape index (κ3) is 8.69. The molecule has 3 N–H and O–H groups in total. The average Bonchev–Trinajstić information content (AvgIpc) is 2.82. The van der Waals surface area contributed by atoms with Crippen LogP contribution in [-0.4, -0.2) is 42.1 Å². The van der Waals surface area contributed by atoms with E-state index in [1.54, 1.807) is 24.3 Å². The number of hydrogen-bond donors (Lipinski definition) is 3. The number of nitrogens with one attached hydrogen (secondary N) is 3. The lowest BCUT2D eigenvalue weighted by molar-refractivity contribution is -0.130. The Morgan fingerprint density at radius 1 is 0.939 bits per heavy atom. The topological polar surface area (TPSA) is 104 Å². The van der Waals surface area contributed by atoms with Gasteiger partial charge in [0.15, 0.2) is 0 Å². The van der Waals surface area contributed by atoms with Gasteiger partial charge in [0.2, 0.25) is 11.8 Å². The van der Waals surface area contributed by atoms with Gasteiger partial charge in [-0.2, -0.15) is 0 Å². The van der Waals surface area contributed by atoms with Crippen LogP contribution in [0.15, 0.2) is 54.6 Å². The van der Waals surface area contributed by atoms with Gasteiger partial charge in [0.05, 0.1) is 6.04 Å². The second-order valence-electron chi connectivity index (χ2n) is 7.85. The van der Waals surface area contributed by atoms with Crippen molar-refractivity contribution in [1.29, 1.82) is 0 Å². The molecule has 8 heteroatoms. The predicted molar refractivity (Wildman–Crippen MR) is 128 cm³/mol. The van der Waals surface area contributed by atoms with E-state index in [1.165, 1.54) is 6.92 Å². The van der Waals surface area contributed by atoms with E-state index in [2.05, 4.69) is 16.0 Å². The number of carbonyl (C=O) groups excluding carboxylic acids is 4. The number of carbonyl (C=O) groups is 4. The number of hydrogen-bond acceptors (Lipinski definition) is 4. The van der Waals surface area contributed by atoms with Crippen LogP contribution in [0.25, 0.3) is 0 Å². The Labute approximate surface area is 199 Å². The molecule has 0 aliphatic carbocycles. The van der Waals surface area contributed by atoms with Gasteiger partial charge in [0.1, 0.15) is 18.4 Å². The molecule has 0 radical (unpaired) electrons. The lowest BCUT2D eigenvalue weighted by Crippen LogP contribution is -2.54. The minimum Gasteiger partial charge on any atom is -0.345 e. The second-order valence-corrected chi connectivity index (χ2v) is 8.28. The van der Waals surface area contributed by atoms with Crippen molar-refractivity contribution < 1.29 is 19.2 Å². The SMILES string of the molecule is CCCCC(C=O)NC(=O)C(C)NC(=O)C(Cc1ccccc1)NC(=O)c1ccc(Cl)cc1. The summed E-state index contributed by atoms with van der Waals surface area (Å²) in [5.41, 5.74) is 1.22. The van der Waals surface area contributed by atoms with Crippen LogP contribution in [0.2, 0.25) is 5.02 Å². The van der Waals surface area contributed by atoms with Gasteiger partial charge in [0.25, 0.3) is 5.91 Å². The first-order valence-electron chi connectivity index (χ1n) is 11.0. The molecular formula is C25H30ClN3O4. The van der Waals surface area contributed by atoms with Crippen LogP contribution >= 0.6 is 11.6 Å². The van der Waals surface area contributed by atoms with Crippen LogP contribution in [0, 0.1) is 0 Å². The minimum atomic E-state index is -0.909. The summed E-state index contributed by atoms with van der Waals surface area (Å²) < 4.78 is 0. The molecule has 2 aromatic rings.